The molecular weight excluding hydrogens is 302 g/mol. The largest absolute Gasteiger partial charge is 0.342 e. The maximum absolute atomic E-state index is 12.1. The minimum absolute atomic E-state index is 0.136. The van der Waals surface area contributed by atoms with Gasteiger partial charge in [0.05, 0.1) is 6.42 Å². The Labute approximate surface area is 143 Å². The van der Waals surface area contributed by atoms with Crippen LogP contribution < -0.4 is 10.6 Å². The van der Waals surface area contributed by atoms with Crippen LogP contribution in [0, 0.1) is 0 Å². The summed E-state index contributed by atoms with van der Waals surface area (Å²) >= 11 is 0. The van der Waals surface area contributed by atoms with Gasteiger partial charge in [0.25, 0.3) is 0 Å². The van der Waals surface area contributed by atoms with Crippen molar-refractivity contribution < 1.29 is 9.59 Å². The lowest BCUT2D eigenvalue weighted by atomic mass is 9.96. The van der Waals surface area contributed by atoms with Crippen molar-refractivity contribution in [3.63, 3.8) is 0 Å². The summed E-state index contributed by atoms with van der Waals surface area (Å²) in [5.41, 5.74) is 1.76. The van der Waals surface area contributed by atoms with Gasteiger partial charge in [0, 0.05) is 24.8 Å². The molecule has 130 valence electrons. The van der Waals surface area contributed by atoms with Gasteiger partial charge in [0.2, 0.25) is 5.91 Å². The van der Waals surface area contributed by atoms with E-state index < -0.39 is 0 Å². The normalized spacial score (nSPS) is 18.4. The first-order valence-corrected chi connectivity index (χ1v) is 9.15. The zero-order chi connectivity index (χ0) is 16.8. The van der Waals surface area contributed by atoms with Crippen LogP contribution in [-0.4, -0.2) is 36.0 Å². The monoisotopic (exact) mass is 329 g/mol. The summed E-state index contributed by atoms with van der Waals surface area (Å²) in [4.78, 5) is 26.1. The van der Waals surface area contributed by atoms with Gasteiger partial charge in [-0.3, -0.25) is 4.79 Å². The Morgan fingerprint density at radius 2 is 1.62 bits per heavy atom. The number of rotatable bonds is 4. The molecule has 1 aliphatic heterocycles. The second-order valence-corrected chi connectivity index (χ2v) is 6.89. The number of likely N-dealkylation sites (tertiary alicyclic amines) is 1. The molecule has 2 fully saturated rings. The molecule has 1 aliphatic carbocycles. The molecule has 1 aromatic carbocycles. The van der Waals surface area contributed by atoms with Gasteiger partial charge in [-0.25, -0.2) is 4.79 Å². The number of hydrogen-bond donors (Lipinski definition) is 2. The second kappa shape index (κ2) is 8.18. The third-order valence-electron chi connectivity index (χ3n) is 4.97. The van der Waals surface area contributed by atoms with E-state index in [-0.39, 0.29) is 11.9 Å². The van der Waals surface area contributed by atoms with Crippen molar-refractivity contribution in [1.29, 1.82) is 0 Å². The van der Waals surface area contributed by atoms with Gasteiger partial charge in [-0.2, -0.15) is 0 Å². The zero-order valence-corrected chi connectivity index (χ0v) is 14.2. The lowest BCUT2D eigenvalue weighted by Crippen LogP contribution is -2.39. The van der Waals surface area contributed by atoms with E-state index in [4.69, 9.17) is 0 Å². The van der Waals surface area contributed by atoms with Crippen molar-refractivity contribution in [3.05, 3.63) is 29.8 Å². The molecular formula is C19H27N3O2. The molecule has 0 atom stereocenters. The molecule has 5 nitrogen and oxygen atoms in total. The molecule has 0 unspecified atom stereocenters. The number of urea groups is 1. The van der Waals surface area contributed by atoms with Crippen LogP contribution in [0.25, 0.3) is 0 Å². The van der Waals surface area contributed by atoms with Crippen LogP contribution in [0.2, 0.25) is 0 Å². The molecule has 0 radical (unpaired) electrons. The van der Waals surface area contributed by atoms with Crippen molar-refractivity contribution >= 4 is 17.6 Å². The zero-order valence-electron chi connectivity index (χ0n) is 14.2. The molecule has 2 aliphatic rings. The number of nitrogens with zero attached hydrogens (tertiary/aromatic N) is 1. The average Bonchev–Trinajstić information content (AvgIpc) is 3.12. The summed E-state index contributed by atoms with van der Waals surface area (Å²) in [6, 6.07) is 7.74. The molecule has 1 aromatic rings. The summed E-state index contributed by atoms with van der Waals surface area (Å²) in [6.45, 7) is 1.78. The Balaban J connectivity index is 1.46. The van der Waals surface area contributed by atoms with E-state index in [1.165, 1.54) is 19.3 Å². The third-order valence-corrected chi connectivity index (χ3v) is 4.97. The van der Waals surface area contributed by atoms with Crippen LogP contribution in [0.3, 0.4) is 0 Å². The maximum atomic E-state index is 12.1. The van der Waals surface area contributed by atoms with Gasteiger partial charge in [-0.15, -0.1) is 0 Å². The van der Waals surface area contributed by atoms with E-state index in [9.17, 15) is 9.59 Å². The number of benzene rings is 1. The van der Waals surface area contributed by atoms with E-state index >= 15 is 0 Å². The van der Waals surface area contributed by atoms with Crippen LogP contribution in [0.4, 0.5) is 10.5 Å². The molecule has 0 spiro atoms. The fourth-order valence-electron chi connectivity index (χ4n) is 3.56. The Bertz CT molecular complexity index is 558. The number of carbonyl (C=O) groups excluding carboxylic acids is 2. The van der Waals surface area contributed by atoms with Gasteiger partial charge in [-0.05, 0) is 43.4 Å². The Morgan fingerprint density at radius 3 is 2.29 bits per heavy atom. The fraction of sp³-hybridized carbons (Fsp3) is 0.579. The topological polar surface area (TPSA) is 61.4 Å². The molecule has 24 heavy (non-hydrogen) atoms. The van der Waals surface area contributed by atoms with Crippen molar-refractivity contribution in [3.8, 4) is 0 Å². The summed E-state index contributed by atoms with van der Waals surface area (Å²) in [6.07, 6.45) is 8.49. The van der Waals surface area contributed by atoms with Gasteiger partial charge < -0.3 is 15.5 Å². The molecule has 0 bridgehead atoms. The van der Waals surface area contributed by atoms with Crippen molar-refractivity contribution in [2.75, 3.05) is 18.4 Å². The van der Waals surface area contributed by atoms with E-state index in [0.29, 0.717) is 12.5 Å². The second-order valence-electron chi connectivity index (χ2n) is 6.89. The van der Waals surface area contributed by atoms with Gasteiger partial charge in [-0.1, -0.05) is 31.4 Å². The minimum atomic E-state index is -0.136. The van der Waals surface area contributed by atoms with Crippen molar-refractivity contribution in [1.82, 2.24) is 10.2 Å². The number of nitrogens with one attached hydrogen (secondary N) is 2. The average molecular weight is 329 g/mol. The highest BCUT2D eigenvalue weighted by Crippen LogP contribution is 2.18. The van der Waals surface area contributed by atoms with Crippen molar-refractivity contribution in [2.24, 2.45) is 0 Å². The van der Waals surface area contributed by atoms with E-state index in [1.54, 1.807) is 0 Å². The van der Waals surface area contributed by atoms with Crippen LogP contribution >= 0.6 is 0 Å². The standard InChI is InChI=1S/C19H27N3O2/c23-18(22-12-4-5-13-22)14-15-8-10-17(11-9-15)21-19(24)20-16-6-2-1-3-7-16/h8-11,16H,1-7,12-14H2,(H2,20,21,24). The SMILES string of the molecule is O=C(Nc1ccc(CC(=O)N2CCCC2)cc1)NC1CCCCC1. The third kappa shape index (κ3) is 4.73. The lowest BCUT2D eigenvalue weighted by Gasteiger charge is -2.22. The maximum Gasteiger partial charge on any atom is 0.319 e. The Hall–Kier alpha value is -2.04. The molecule has 3 rings (SSSR count). The first kappa shape index (κ1) is 16.8. The molecule has 5 heteroatoms. The first-order chi connectivity index (χ1) is 11.7. The Morgan fingerprint density at radius 1 is 0.958 bits per heavy atom. The molecule has 1 saturated heterocycles. The van der Waals surface area contributed by atoms with E-state index in [2.05, 4.69) is 10.6 Å². The molecule has 0 aromatic heterocycles. The summed E-state index contributed by atoms with van der Waals surface area (Å²) in [5, 5.41) is 5.92. The highest BCUT2D eigenvalue weighted by molar-refractivity contribution is 5.89. The predicted octanol–water partition coefficient (Wildman–Crippen LogP) is 3.31. The molecule has 3 amide bonds. The lowest BCUT2D eigenvalue weighted by molar-refractivity contribution is -0.129. The fourth-order valence-corrected chi connectivity index (χ4v) is 3.56. The smallest absolute Gasteiger partial charge is 0.319 e. The molecule has 1 heterocycles. The van der Waals surface area contributed by atoms with E-state index in [1.807, 2.05) is 29.2 Å². The number of amides is 3. The number of carbonyl (C=O) groups is 2. The van der Waals surface area contributed by atoms with Crippen LogP contribution in [0.5, 0.6) is 0 Å². The molecule has 1 saturated carbocycles. The minimum Gasteiger partial charge on any atom is -0.342 e. The quantitative estimate of drug-likeness (QED) is 0.890. The van der Waals surface area contributed by atoms with Gasteiger partial charge in [0.1, 0.15) is 0 Å². The highest BCUT2D eigenvalue weighted by atomic mass is 16.2. The Kier molecular flexibility index (Phi) is 5.72. The van der Waals surface area contributed by atoms with Crippen LogP contribution in [0.1, 0.15) is 50.5 Å². The van der Waals surface area contributed by atoms with Crippen LogP contribution in [-0.2, 0) is 11.2 Å². The van der Waals surface area contributed by atoms with Crippen LogP contribution in [0.15, 0.2) is 24.3 Å². The first-order valence-electron chi connectivity index (χ1n) is 9.15. The molecule has 2 N–H and O–H groups in total. The van der Waals surface area contributed by atoms with E-state index in [0.717, 1.165) is 50.0 Å². The van der Waals surface area contributed by atoms with Gasteiger partial charge in [0.15, 0.2) is 0 Å². The predicted molar refractivity (Wildman–Crippen MR) is 95.0 cm³/mol. The summed E-state index contributed by atoms with van der Waals surface area (Å²) in [5.74, 6) is 0.197. The number of anilines is 1. The van der Waals surface area contributed by atoms with Crippen molar-refractivity contribution in [2.45, 2.75) is 57.4 Å². The highest BCUT2D eigenvalue weighted by Gasteiger charge is 2.18. The van der Waals surface area contributed by atoms with Gasteiger partial charge >= 0.3 is 6.03 Å². The summed E-state index contributed by atoms with van der Waals surface area (Å²) < 4.78 is 0. The summed E-state index contributed by atoms with van der Waals surface area (Å²) in [7, 11) is 0. The number of hydrogen-bond acceptors (Lipinski definition) is 2.